The second kappa shape index (κ2) is 6.36. The zero-order valence-electron chi connectivity index (χ0n) is 12.3. The van der Waals surface area contributed by atoms with Crippen LogP contribution in [0.5, 0.6) is 0 Å². The van der Waals surface area contributed by atoms with Gasteiger partial charge >= 0.3 is 0 Å². The smallest absolute Gasteiger partial charge is 0.247 e. The molecule has 0 aliphatic carbocycles. The molecule has 1 heterocycles. The van der Waals surface area contributed by atoms with E-state index in [-0.39, 0.29) is 10.9 Å². The minimum atomic E-state index is -3.26. The third-order valence-electron chi connectivity index (χ3n) is 3.02. The zero-order chi connectivity index (χ0) is 15.5. The Morgan fingerprint density at radius 1 is 1.33 bits per heavy atom. The van der Waals surface area contributed by atoms with Gasteiger partial charge in [0.1, 0.15) is 0 Å². The second-order valence-electron chi connectivity index (χ2n) is 4.92. The van der Waals surface area contributed by atoms with E-state index in [1.807, 2.05) is 6.92 Å². The molecule has 0 amide bonds. The van der Waals surface area contributed by atoms with Gasteiger partial charge in [-0.25, -0.2) is 8.42 Å². The zero-order valence-corrected chi connectivity index (χ0v) is 13.1. The SMILES string of the molecule is CCCNC(C)c1nnc(-c2cccc(S(C)(=O)=O)c2)o1. The van der Waals surface area contributed by atoms with Gasteiger partial charge in [-0.15, -0.1) is 10.2 Å². The van der Waals surface area contributed by atoms with Crippen LogP contribution in [-0.4, -0.2) is 31.4 Å². The second-order valence-corrected chi connectivity index (χ2v) is 6.94. The molecule has 2 rings (SSSR count). The minimum Gasteiger partial charge on any atom is -0.419 e. The van der Waals surface area contributed by atoms with Crippen LogP contribution in [0.4, 0.5) is 0 Å². The lowest BCUT2D eigenvalue weighted by Crippen LogP contribution is -2.19. The van der Waals surface area contributed by atoms with Crippen LogP contribution in [0.2, 0.25) is 0 Å². The number of aromatic nitrogens is 2. The minimum absolute atomic E-state index is 0.0377. The summed E-state index contributed by atoms with van der Waals surface area (Å²) in [5, 5.41) is 11.3. The molecule has 1 aromatic heterocycles. The van der Waals surface area contributed by atoms with Crippen molar-refractivity contribution in [1.29, 1.82) is 0 Å². The van der Waals surface area contributed by atoms with Gasteiger partial charge in [0.25, 0.3) is 0 Å². The molecule has 0 aliphatic heterocycles. The molecule has 0 saturated carbocycles. The van der Waals surface area contributed by atoms with E-state index in [0.29, 0.717) is 17.3 Å². The summed E-state index contributed by atoms with van der Waals surface area (Å²) in [6.45, 7) is 4.89. The average Bonchev–Trinajstić information content (AvgIpc) is 2.94. The van der Waals surface area contributed by atoms with Crippen molar-refractivity contribution in [3.63, 3.8) is 0 Å². The van der Waals surface area contributed by atoms with Gasteiger partial charge in [-0.3, -0.25) is 0 Å². The van der Waals surface area contributed by atoms with Crippen molar-refractivity contribution >= 4 is 9.84 Å². The fraction of sp³-hybridized carbons (Fsp3) is 0.429. The van der Waals surface area contributed by atoms with Crippen LogP contribution < -0.4 is 5.32 Å². The molecule has 0 radical (unpaired) electrons. The largest absolute Gasteiger partial charge is 0.419 e. The fourth-order valence-corrected chi connectivity index (χ4v) is 2.50. The summed E-state index contributed by atoms with van der Waals surface area (Å²) in [5.41, 5.74) is 0.597. The van der Waals surface area contributed by atoms with Gasteiger partial charge in [0.2, 0.25) is 11.8 Å². The number of nitrogens with one attached hydrogen (secondary N) is 1. The molecule has 2 aromatic rings. The standard InChI is InChI=1S/C14H19N3O3S/c1-4-8-15-10(2)13-16-17-14(20-13)11-6-5-7-12(9-11)21(3,18)19/h5-7,9-10,15H,4,8H2,1-3H3. The normalized spacial score (nSPS) is 13.3. The number of hydrogen-bond donors (Lipinski definition) is 1. The molecule has 7 heteroatoms. The molecular formula is C14H19N3O3S. The predicted molar refractivity (Wildman–Crippen MR) is 79.6 cm³/mol. The third-order valence-corrected chi connectivity index (χ3v) is 4.13. The Bertz CT molecular complexity index is 710. The molecule has 0 saturated heterocycles. The van der Waals surface area contributed by atoms with Crippen molar-refractivity contribution in [1.82, 2.24) is 15.5 Å². The van der Waals surface area contributed by atoms with Gasteiger partial charge in [-0.05, 0) is 38.1 Å². The summed E-state index contributed by atoms with van der Waals surface area (Å²) in [6, 6.07) is 6.45. The van der Waals surface area contributed by atoms with Crippen LogP contribution in [0.3, 0.4) is 0 Å². The quantitative estimate of drug-likeness (QED) is 0.880. The average molecular weight is 309 g/mol. The van der Waals surface area contributed by atoms with Gasteiger partial charge in [0.05, 0.1) is 10.9 Å². The van der Waals surface area contributed by atoms with E-state index in [1.54, 1.807) is 18.2 Å². The lowest BCUT2D eigenvalue weighted by molar-refractivity contribution is 0.423. The first-order chi connectivity index (χ1) is 9.91. The molecule has 114 valence electrons. The molecule has 0 fully saturated rings. The van der Waals surface area contributed by atoms with E-state index in [0.717, 1.165) is 13.0 Å². The van der Waals surface area contributed by atoms with Crippen LogP contribution in [0.25, 0.3) is 11.5 Å². The van der Waals surface area contributed by atoms with Crippen LogP contribution >= 0.6 is 0 Å². The number of rotatable bonds is 6. The number of nitrogens with zero attached hydrogens (tertiary/aromatic N) is 2. The maximum absolute atomic E-state index is 11.6. The van der Waals surface area contributed by atoms with Gasteiger partial charge in [0, 0.05) is 11.8 Å². The van der Waals surface area contributed by atoms with E-state index in [4.69, 9.17) is 4.42 Å². The highest BCUT2D eigenvalue weighted by Gasteiger charge is 2.15. The number of sulfone groups is 1. The first kappa shape index (κ1) is 15.7. The van der Waals surface area contributed by atoms with Crippen molar-refractivity contribution in [3.05, 3.63) is 30.2 Å². The molecule has 0 spiro atoms. The Morgan fingerprint density at radius 2 is 2.10 bits per heavy atom. The number of benzene rings is 1. The van der Waals surface area contributed by atoms with Gasteiger partial charge in [-0.2, -0.15) is 0 Å². The summed E-state index contributed by atoms with van der Waals surface area (Å²) in [7, 11) is -3.26. The molecule has 21 heavy (non-hydrogen) atoms. The van der Waals surface area contributed by atoms with Gasteiger partial charge in [-0.1, -0.05) is 13.0 Å². The molecule has 1 atom stereocenters. The highest BCUT2D eigenvalue weighted by Crippen LogP contribution is 2.23. The van der Waals surface area contributed by atoms with Crippen molar-refractivity contribution < 1.29 is 12.8 Å². The summed E-state index contributed by atoms with van der Waals surface area (Å²) < 4.78 is 28.8. The Kier molecular flexibility index (Phi) is 4.74. The molecule has 6 nitrogen and oxygen atoms in total. The molecule has 1 unspecified atom stereocenters. The van der Waals surface area contributed by atoms with E-state index in [2.05, 4.69) is 22.4 Å². The van der Waals surface area contributed by atoms with Crippen molar-refractivity contribution in [3.8, 4) is 11.5 Å². The van der Waals surface area contributed by atoms with Crippen molar-refractivity contribution in [2.24, 2.45) is 0 Å². The van der Waals surface area contributed by atoms with E-state index >= 15 is 0 Å². The van der Waals surface area contributed by atoms with E-state index in [1.165, 1.54) is 12.3 Å². The summed E-state index contributed by atoms with van der Waals surface area (Å²) in [5.74, 6) is 0.809. The van der Waals surface area contributed by atoms with Crippen LogP contribution in [-0.2, 0) is 9.84 Å². The van der Waals surface area contributed by atoms with Gasteiger partial charge < -0.3 is 9.73 Å². The fourth-order valence-electron chi connectivity index (χ4n) is 1.83. The molecule has 0 bridgehead atoms. The lowest BCUT2D eigenvalue weighted by Gasteiger charge is -2.07. The Hall–Kier alpha value is -1.73. The van der Waals surface area contributed by atoms with Crippen LogP contribution in [0.1, 0.15) is 32.2 Å². The lowest BCUT2D eigenvalue weighted by atomic mass is 10.2. The third kappa shape index (κ3) is 3.89. The van der Waals surface area contributed by atoms with Crippen LogP contribution in [0, 0.1) is 0 Å². The van der Waals surface area contributed by atoms with E-state index in [9.17, 15) is 8.42 Å². The first-order valence-corrected chi connectivity index (χ1v) is 8.68. The Labute approximate surface area is 124 Å². The molecular weight excluding hydrogens is 290 g/mol. The monoisotopic (exact) mass is 309 g/mol. The molecule has 1 N–H and O–H groups in total. The van der Waals surface area contributed by atoms with E-state index < -0.39 is 9.84 Å². The highest BCUT2D eigenvalue weighted by atomic mass is 32.2. The molecule has 1 aromatic carbocycles. The Balaban J connectivity index is 2.26. The van der Waals surface area contributed by atoms with Gasteiger partial charge in [0.15, 0.2) is 9.84 Å². The maximum Gasteiger partial charge on any atom is 0.247 e. The van der Waals surface area contributed by atoms with Crippen LogP contribution in [0.15, 0.2) is 33.6 Å². The number of hydrogen-bond acceptors (Lipinski definition) is 6. The first-order valence-electron chi connectivity index (χ1n) is 6.79. The summed E-state index contributed by atoms with van der Waals surface area (Å²) in [6.07, 6.45) is 2.18. The predicted octanol–water partition coefficient (Wildman–Crippen LogP) is 2.20. The van der Waals surface area contributed by atoms with Crippen molar-refractivity contribution in [2.75, 3.05) is 12.8 Å². The summed E-state index contributed by atoms with van der Waals surface area (Å²) in [4.78, 5) is 0.233. The summed E-state index contributed by atoms with van der Waals surface area (Å²) >= 11 is 0. The topological polar surface area (TPSA) is 85.1 Å². The van der Waals surface area contributed by atoms with Crippen molar-refractivity contribution in [2.45, 2.75) is 31.2 Å². The Morgan fingerprint density at radius 3 is 2.76 bits per heavy atom. The molecule has 0 aliphatic rings. The highest BCUT2D eigenvalue weighted by molar-refractivity contribution is 7.90. The maximum atomic E-state index is 11.6.